The Balaban J connectivity index is 2.53. The van der Waals surface area contributed by atoms with Crippen molar-refractivity contribution >= 4 is 0 Å². The first kappa shape index (κ1) is 17.7. The molecule has 2 nitrogen and oxygen atoms in total. The van der Waals surface area contributed by atoms with Gasteiger partial charge in [-0.25, -0.2) is 0 Å². The van der Waals surface area contributed by atoms with E-state index in [1.54, 1.807) is 0 Å². The van der Waals surface area contributed by atoms with Gasteiger partial charge in [0, 0.05) is 12.6 Å². The molecule has 1 aliphatic rings. The van der Waals surface area contributed by atoms with Gasteiger partial charge >= 0.3 is 0 Å². The monoisotopic (exact) mass is 281 g/mol. The average molecular weight is 281 g/mol. The van der Waals surface area contributed by atoms with Crippen molar-refractivity contribution in [1.29, 1.82) is 0 Å². The first-order valence-corrected chi connectivity index (χ1v) is 8.71. The minimum atomic E-state index is 0.0957. The van der Waals surface area contributed by atoms with Crippen LogP contribution < -0.4 is 5.32 Å². The van der Waals surface area contributed by atoms with E-state index >= 15 is 0 Å². The van der Waals surface area contributed by atoms with Crippen LogP contribution in [0.15, 0.2) is 12.7 Å². The Bertz CT molecular complexity index is 244. The number of rotatable bonds is 10. The highest BCUT2D eigenvalue weighted by molar-refractivity contribution is 4.94. The molecule has 1 atom stereocenters. The molecule has 1 saturated carbocycles. The summed E-state index contributed by atoms with van der Waals surface area (Å²) >= 11 is 0. The van der Waals surface area contributed by atoms with Crippen LogP contribution in [0.3, 0.4) is 0 Å². The van der Waals surface area contributed by atoms with Gasteiger partial charge in [0.2, 0.25) is 0 Å². The van der Waals surface area contributed by atoms with E-state index in [2.05, 4.69) is 25.9 Å². The van der Waals surface area contributed by atoms with E-state index in [-0.39, 0.29) is 5.60 Å². The number of likely N-dealkylation sites (N-methyl/N-ethyl adjacent to an activating group) is 1. The smallest absolute Gasteiger partial charge is 0.0834 e. The quantitative estimate of drug-likeness (QED) is 0.351. The molecule has 0 radical (unpaired) electrons. The molecule has 0 aromatic rings. The third-order valence-corrected chi connectivity index (χ3v) is 4.77. The lowest BCUT2D eigenvalue weighted by atomic mass is 9.83. The first-order valence-electron chi connectivity index (χ1n) is 8.71. The van der Waals surface area contributed by atoms with Crippen LogP contribution in [0.5, 0.6) is 0 Å². The third kappa shape index (κ3) is 5.57. The maximum atomic E-state index is 6.30. The minimum absolute atomic E-state index is 0.0957. The fraction of sp³-hybridized carbons (Fsp3) is 0.889. The zero-order valence-electron chi connectivity index (χ0n) is 13.8. The number of nitrogens with one attached hydrogen (secondary N) is 1. The molecule has 20 heavy (non-hydrogen) atoms. The van der Waals surface area contributed by atoms with Crippen molar-refractivity contribution in [2.45, 2.75) is 89.2 Å². The second-order valence-electron chi connectivity index (χ2n) is 6.18. The number of unbranched alkanes of at least 4 members (excludes halogenated alkanes) is 3. The Morgan fingerprint density at radius 1 is 1.15 bits per heavy atom. The maximum absolute atomic E-state index is 6.30. The minimum Gasteiger partial charge on any atom is -0.374 e. The van der Waals surface area contributed by atoms with E-state index in [0.717, 1.165) is 13.0 Å². The Hall–Kier alpha value is -0.340. The molecular formula is C18H35NO. The van der Waals surface area contributed by atoms with Crippen LogP contribution in [-0.4, -0.2) is 25.3 Å². The lowest BCUT2D eigenvalue weighted by molar-refractivity contribution is -0.0774. The Labute approximate surface area is 126 Å². The van der Waals surface area contributed by atoms with Crippen LogP contribution >= 0.6 is 0 Å². The van der Waals surface area contributed by atoms with Crippen molar-refractivity contribution < 1.29 is 4.74 Å². The van der Waals surface area contributed by atoms with Crippen LogP contribution in [0.1, 0.15) is 77.6 Å². The summed E-state index contributed by atoms with van der Waals surface area (Å²) in [6, 6.07) is 0.518. The maximum Gasteiger partial charge on any atom is 0.0834 e. The highest BCUT2D eigenvalue weighted by atomic mass is 16.5. The van der Waals surface area contributed by atoms with Gasteiger partial charge in [0.05, 0.1) is 5.60 Å². The molecule has 1 N–H and O–H groups in total. The molecule has 1 rings (SSSR count). The molecule has 0 aromatic carbocycles. The zero-order chi connectivity index (χ0) is 14.7. The average Bonchev–Trinajstić information content (AvgIpc) is 2.70. The van der Waals surface area contributed by atoms with E-state index in [0.29, 0.717) is 6.04 Å². The van der Waals surface area contributed by atoms with E-state index in [9.17, 15) is 0 Å². The molecule has 118 valence electrons. The Kier molecular flexibility index (Phi) is 9.21. The second kappa shape index (κ2) is 10.4. The molecule has 0 bridgehead atoms. The molecule has 0 aliphatic heterocycles. The van der Waals surface area contributed by atoms with Crippen LogP contribution in [0.2, 0.25) is 0 Å². The fourth-order valence-electron chi connectivity index (χ4n) is 3.69. The van der Waals surface area contributed by atoms with Gasteiger partial charge in [-0.2, -0.15) is 0 Å². The van der Waals surface area contributed by atoms with Gasteiger partial charge in [-0.1, -0.05) is 44.6 Å². The summed E-state index contributed by atoms with van der Waals surface area (Å²) in [7, 11) is 2.11. The van der Waals surface area contributed by atoms with E-state index in [1.807, 2.05) is 6.08 Å². The Morgan fingerprint density at radius 2 is 1.85 bits per heavy atom. The van der Waals surface area contributed by atoms with Crippen molar-refractivity contribution in [2.24, 2.45) is 0 Å². The summed E-state index contributed by atoms with van der Waals surface area (Å²) in [6.45, 7) is 6.78. The van der Waals surface area contributed by atoms with Crippen molar-refractivity contribution in [2.75, 3.05) is 13.7 Å². The van der Waals surface area contributed by atoms with Crippen molar-refractivity contribution in [3.05, 3.63) is 12.7 Å². The molecular weight excluding hydrogens is 246 g/mol. The van der Waals surface area contributed by atoms with Gasteiger partial charge in [0.25, 0.3) is 0 Å². The van der Waals surface area contributed by atoms with Gasteiger partial charge in [-0.15, -0.1) is 6.58 Å². The molecule has 0 amide bonds. The van der Waals surface area contributed by atoms with Crippen LogP contribution in [0.25, 0.3) is 0 Å². The highest BCUT2D eigenvalue weighted by Gasteiger charge is 2.38. The topological polar surface area (TPSA) is 21.3 Å². The van der Waals surface area contributed by atoms with Gasteiger partial charge in [-0.05, 0) is 46.1 Å². The van der Waals surface area contributed by atoms with Gasteiger partial charge in [0.15, 0.2) is 0 Å². The standard InChI is InChI=1S/C18H35NO/c1-4-6-7-8-11-14-17(19-3)18(20-5-2)15-12-9-10-13-16-18/h4,17,19H,1,5-16H2,2-3H3. The molecule has 0 aromatic heterocycles. The second-order valence-corrected chi connectivity index (χ2v) is 6.18. The third-order valence-electron chi connectivity index (χ3n) is 4.77. The number of allylic oxidation sites excluding steroid dienone is 1. The fourth-order valence-corrected chi connectivity index (χ4v) is 3.69. The van der Waals surface area contributed by atoms with Crippen LogP contribution in [0.4, 0.5) is 0 Å². The SMILES string of the molecule is C=CCCCCCC(NC)C1(OCC)CCCCCC1. The molecule has 1 unspecified atom stereocenters. The van der Waals surface area contributed by atoms with E-state index in [4.69, 9.17) is 4.74 Å². The molecule has 1 fully saturated rings. The normalized spacial score (nSPS) is 20.3. The summed E-state index contributed by atoms with van der Waals surface area (Å²) in [5.41, 5.74) is 0.0957. The van der Waals surface area contributed by atoms with Crippen molar-refractivity contribution in [1.82, 2.24) is 5.32 Å². The first-order chi connectivity index (χ1) is 9.79. The van der Waals surface area contributed by atoms with E-state index in [1.165, 1.54) is 64.2 Å². The van der Waals surface area contributed by atoms with Gasteiger partial charge < -0.3 is 10.1 Å². The zero-order valence-corrected chi connectivity index (χ0v) is 13.8. The summed E-state index contributed by atoms with van der Waals surface area (Å²) < 4.78 is 6.30. The molecule has 0 heterocycles. The summed E-state index contributed by atoms with van der Waals surface area (Å²) in [5, 5.41) is 3.57. The number of hydrogen-bond donors (Lipinski definition) is 1. The summed E-state index contributed by atoms with van der Waals surface area (Å²) in [4.78, 5) is 0. The largest absolute Gasteiger partial charge is 0.374 e. The molecule has 2 heteroatoms. The lowest BCUT2D eigenvalue weighted by Gasteiger charge is -2.40. The van der Waals surface area contributed by atoms with Crippen LogP contribution in [0, 0.1) is 0 Å². The summed E-state index contributed by atoms with van der Waals surface area (Å²) in [6.07, 6.45) is 16.2. The molecule has 0 spiro atoms. The van der Waals surface area contributed by atoms with Crippen LogP contribution in [-0.2, 0) is 4.74 Å². The predicted molar refractivity (Wildman–Crippen MR) is 88.2 cm³/mol. The Morgan fingerprint density at radius 3 is 2.40 bits per heavy atom. The number of hydrogen-bond acceptors (Lipinski definition) is 2. The van der Waals surface area contributed by atoms with Gasteiger partial charge in [-0.3, -0.25) is 0 Å². The lowest BCUT2D eigenvalue weighted by Crippen LogP contribution is -2.51. The van der Waals surface area contributed by atoms with E-state index < -0.39 is 0 Å². The van der Waals surface area contributed by atoms with Crippen molar-refractivity contribution in [3.63, 3.8) is 0 Å². The van der Waals surface area contributed by atoms with Crippen molar-refractivity contribution in [3.8, 4) is 0 Å². The highest BCUT2D eigenvalue weighted by Crippen LogP contribution is 2.35. The number of ether oxygens (including phenoxy) is 1. The predicted octanol–water partition coefficient (Wildman–Crippen LogP) is 4.84. The molecule has 0 saturated heterocycles. The molecule has 1 aliphatic carbocycles. The van der Waals surface area contributed by atoms with Gasteiger partial charge in [0.1, 0.15) is 0 Å². The summed E-state index contributed by atoms with van der Waals surface area (Å²) in [5.74, 6) is 0.